The van der Waals surface area contributed by atoms with Gasteiger partial charge in [-0.1, -0.05) is 30.3 Å². The van der Waals surface area contributed by atoms with Gasteiger partial charge >= 0.3 is 6.18 Å². The van der Waals surface area contributed by atoms with Crippen molar-refractivity contribution in [1.29, 1.82) is 0 Å². The Morgan fingerprint density at radius 3 is 2.22 bits per heavy atom. The number of benzene rings is 2. The first-order valence-electron chi connectivity index (χ1n) is 7.77. The van der Waals surface area contributed by atoms with Crippen molar-refractivity contribution in [3.05, 3.63) is 65.5 Å². The minimum Gasteiger partial charge on any atom is -0.330 e. The first kappa shape index (κ1) is 23.4. The molecule has 0 amide bonds. The van der Waals surface area contributed by atoms with Crippen molar-refractivity contribution in [3.63, 3.8) is 0 Å². The molecule has 10 heteroatoms. The highest BCUT2D eigenvalue weighted by atomic mass is 35.5. The molecule has 0 atom stereocenters. The lowest BCUT2D eigenvalue weighted by Crippen LogP contribution is -2.34. The molecule has 4 nitrogen and oxygen atoms in total. The predicted molar refractivity (Wildman–Crippen MR) is 96.4 cm³/mol. The Kier molecular flexibility index (Phi) is 8.22. The molecule has 0 aliphatic rings. The number of rotatable bonds is 7. The van der Waals surface area contributed by atoms with Gasteiger partial charge in [0.1, 0.15) is 5.82 Å². The molecule has 0 fully saturated rings. The SMILES string of the molecule is Cl.NCCCN(Cc1ccccc1)S(=O)(=O)c1ccc(F)cc1C(F)(F)F. The molecule has 0 aliphatic carbocycles. The van der Waals surface area contributed by atoms with Gasteiger partial charge in [0.2, 0.25) is 10.0 Å². The van der Waals surface area contributed by atoms with E-state index < -0.39 is 32.5 Å². The van der Waals surface area contributed by atoms with Crippen LogP contribution in [0.1, 0.15) is 17.5 Å². The molecule has 0 saturated heterocycles. The molecular formula is C17H19ClF4N2O2S. The third-order valence-corrected chi connectivity index (χ3v) is 5.58. The van der Waals surface area contributed by atoms with Crippen molar-refractivity contribution in [2.45, 2.75) is 24.0 Å². The third-order valence-electron chi connectivity index (χ3n) is 3.68. The Balaban J connectivity index is 0.00000364. The van der Waals surface area contributed by atoms with E-state index >= 15 is 0 Å². The molecule has 0 saturated carbocycles. The van der Waals surface area contributed by atoms with Crippen molar-refractivity contribution in [1.82, 2.24) is 4.31 Å². The van der Waals surface area contributed by atoms with Crippen LogP contribution in [-0.4, -0.2) is 25.8 Å². The molecule has 2 aromatic rings. The van der Waals surface area contributed by atoms with Crippen molar-refractivity contribution >= 4 is 22.4 Å². The zero-order valence-electron chi connectivity index (χ0n) is 14.1. The maximum absolute atomic E-state index is 13.3. The zero-order chi connectivity index (χ0) is 19.4. The molecule has 0 aliphatic heterocycles. The minimum absolute atomic E-state index is 0. The highest BCUT2D eigenvalue weighted by Crippen LogP contribution is 2.36. The highest BCUT2D eigenvalue weighted by Gasteiger charge is 2.39. The number of nitrogens with zero attached hydrogens (tertiary/aromatic N) is 1. The average Bonchev–Trinajstić information content (AvgIpc) is 2.58. The van der Waals surface area contributed by atoms with E-state index in [1.54, 1.807) is 30.3 Å². The van der Waals surface area contributed by atoms with Crippen LogP contribution in [0.25, 0.3) is 0 Å². The summed E-state index contributed by atoms with van der Waals surface area (Å²) in [5.41, 5.74) is 4.51. The van der Waals surface area contributed by atoms with Crippen LogP contribution in [0.4, 0.5) is 17.6 Å². The maximum atomic E-state index is 13.3. The number of alkyl halides is 3. The molecule has 150 valence electrons. The summed E-state index contributed by atoms with van der Waals surface area (Å²) < 4.78 is 79.7. The normalized spacial score (nSPS) is 12.1. The molecule has 0 spiro atoms. The second-order valence-corrected chi connectivity index (χ2v) is 7.51. The van der Waals surface area contributed by atoms with E-state index in [9.17, 15) is 26.0 Å². The Hall–Kier alpha value is -1.68. The van der Waals surface area contributed by atoms with E-state index in [0.717, 1.165) is 4.31 Å². The van der Waals surface area contributed by atoms with Gasteiger partial charge in [-0.05, 0) is 36.7 Å². The summed E-state index contributed by atoms with van der Waals surface area (Å²) in [7, 11) is -4.51. The summed E-state index contributed by atoms with van der Waals surface area (Å²) in [4.78, 5) is -0.973. The van der Waals surface area contributed by atoms with Crippen molar-refractivity contribution < 1.29 is 26.0 Å². The second-order valence-electron chi connectivity index (χ2n) is 5.60. The fourth-order valence-corrected chi connectivity index (χ4v) is 4.09. The van der Waals surface area contributed by atoms with Gasteiger partial charge in [-0.2, -0.15) is 17.5 Å². The van der Waals surface area contributed by atoms with Crippen LogP contribution in [0.2, 0.25) is 0 Å². The lowest BCUT2D eigenvalue weighted by atomic mass is 10.2. The lowest BCUT2D eigenvalue weighted by molar-refractivity contribution is -0.140. The zero-order valence-corrected chi connectivity index (χ0v) is 15.7. The smallest absolute Gasteiger partial charge is 0.330 e. The van der Waals surface area contributed by atoms with Crippen LogP contribution in [-0.2, 0) is 22.7 Å². The van der Waals surface area contributed by atoms with Crippen molar-refractivity contribution in [2.75, 3.05) is 13.1 Å². The monoisotopic (exact) mass is 426 g/mol. The topological polar surface area (TPSA) is 63.4 Å². The molecule has 2 rings (SSSR count). The predicted octanol–water partition coefficient (Wildman–Crippen LogP) is 3.81. The van der Waals surface area contributed by atoms with Gasteiger partial charge in [-0.15, -0.1) is 12.4 Å². The van der Waals surface area contributed by atoms with Crippen LogP contribution in [0.15, 0.2) is 53.4 Å². The maximum Gasteiger partial charge on any atom is 0.417 e. The Morgan fingerprint density at radius 2 is 1.67 bits per heavy atom. The van der Waals surface area contributed by atoms with Gasteiger partial charge in [-0.25, -0.2) is 12.8 Å². The first-order valence-corrected chi connectivity index (χ1v) is 9.21. The van der Waals surface area contributed by atoms with Gasteiger partial charge < -0.3 is 5.73 Å². The van der Waals surface area contributed by atoms with Crippen LogP contribution >= 0.6 is 12.4 Å². The summed E-state index contributed by atoms with van der Waals surface area (Å²) in [6, 6.07) is 10.0. The van der Waals surface area contributed by atoms with E-state index in [-0.39, 0.29) is 44.5 Å². The molecule has 0 heterocycles. The van der Waals surface area contributed by atoms with Crippen molar-refractivity contribution in [3.8, 4) is 0 Å². The fourth-order valence-electron chi connectivity index (χ4n) is 2.43. The molecule has 0 radical (unpaired) electrons. The number of hydrogen-bond donors (Lipinski definition) is 1. The summed E-state index contributed by atoms with van der Waals surface area (Å²) in [5.74, 6) is -1.16. The van der Waals surface area contributed by atoms with Gasteiger partial charge in [-0.3, -0.25) is 0 Å². The molecule has 0 unspecified atom stereocenters. The van der Waals surface area contributed by atoms with Gasteiger partial charge in [0.15, 0.2) is 0 Å². The molecule has 27 heavy (non-hydrogen) atoms. The summed E-state index contributed by atoms with van der Waals surface area (Å²) in [6.45, 7) is 0.0105. The summed E-state index contributed by atoms with van der Waals surface area (Å²) in [6.07, 6.45) is -4.73. The fraction of sp³-hybridized carbons (Fsp3) is 0.294. The van der Waals surface area contributed by atoms with E-state index in [1.807, 2.05) is 0 Å². The van der Waals surface area contributed by atoms with E-state index in [2.05, 4.69) is 0 Å². The largest absolute Gasteiger partial charge is 0.417 e. The van der Waals surface area contributed by atoms with E-state index in [0.29, 0.717) is 17.7 Å². The van der Waals surface area contributed by atoms with Crippen LogP contribution in [0.5, 0.6) is 0 Å². The lowest BCUT2D eigenvalue weighted by Gasteiger charge is -2.24. The van der Waals surface area contributed by atoms with Crippen LogP contribution < -0.4 is 5.73 Å². The van der Waals surface area contributed by atoms with Crippen molar-refractivity contribution in [2.24, 2.45) is 5.73 Å². The number of hydrogen-bond acceptors (Lipinski definition) is 3. The van der Waals surface area contributed by atoms with Gasteiger partial charge in [0.05, 0.1) is 10.5 Å². The van der Waals surface area contributed by atoms with Gasteiger partial charge in [0, 0.05) is 13.1 Å². The first-order chi connectivity index (χ1) is 12.2. The highest BCUT2D eigenvalue weighted by molar-refractivity contribution is 7.89. The molecule has 2 aromatic carbocycles. The Morgan fingerprint density at radius 1 is 1.04 bits per heavy atom. The molecule has 2 N–H and O–H groups in total. The number of halogens is 5. The van der Waals surface area contributed by atoms with E-state index in [1.165, 1.54) is 0 Å². The molecular weight excluding hydrogens is 408 g/mol. The number of sulfonamides is 1. The average molecular weight is 427 g/mol. The minimum atomic E-state index is -5.00. The summed E-state index contributed by atoms with van der Waals surface area (Å²) >= 11 is 0. The summed E-state index contributed by atoms with van der Waals surface area (Å²) in [5, 5.41) is 0. The Labute approximate surface area is 161 Å². The van der Waals surface area contributed by atoms with Crippen LogP contribution in [0.3, 0.4) is 0 Å². The van der Waals surface area contributed by atoms with Gasteiger partial charge in [0.25, 0.3) is 0 Å². The molecule has 0 bridgehead atoms. The number of nitrogens with two attached hydrogens (primary N) is 1. The van der Waals surface area contributed by atoms with Crippen LogP contribution in [0, 0.1) is 5.82 Å². The van der Waals surface area contributed by atoms with E-state index in [4.69, 9.17) is 5.73 Å². The Bertz CT molecular complexity index is 846. The third kappa shape index (κ3) is 5.90. The second kappa shape index (κ2) is 9.50. The quantitative estimate of drug-likeness (QED) is 0.685. The standard InChI is InChI=1S/C17H18F4N2O2S.ClH/c18-14-7-8-16(15(11-14)17(19,20)21)26(24,25)23(10-4-9-22)12-13-5-2-1-3-6-13;/h1-3,5-8,11H,4,9-10,12,22H2;1H. The molecule has 0 aromatic heterocycles.